The van der Waals surface area contributed by atoms with Crippen molar-refractivity contribution in [3.05, 3.63) is 53.1 Å². The molecule has 0 aliphatic heterocycles. The summed E-state index contributed by atoms with van der Waals surface area (Å²) in [5.41, 5.74) is 1.72. The zero-order chi connectivity index (χ0) is 15.9. The summed E-state index contributed by atoms with van der Waals surface area (Å²) < 4.78 is 10.4. The van der Waals surface area contributed by atoms with Crippen molar-refractivity contribution >= 4 is 23.2 Å². The number of ether oxygens (including phenoxy) is 2. The summed E-state index contributed by atoms with van der Waals surface area (Å²) in [6.45, 7) is 0. The van der Waals surface area contributed by atoms with Crippen LogP contribution in [0.2, 0.25) is 5.02 Å². The van der Waals surface area contributed by atoms with Crippen molar-refractivity contribution in [2.24, 2.45) is 0 Å². The summed E-state index contributed by atoms with van der Waals surface area (Å²) in [5.74, 6) is 1.38. The zero-order valence-electron chi connectivity index (χ0n) is 12.6. The first-order chi connectivity index (χ1) is 10.6. The van der Waals surface area contributed by atoms with Crippen LogP contribution >= 0.6 is 11.6 Å². The third-order valence-corrected chi connectivity index (χ3v) is 3.43. The fourth-order valence-electron chi connectivity index (χ4n) is 2.03. The number of hydrogen-bond donors (Lipinski definition) is 1. The van der Waals surface area contributed by atoms with Crippen molar-refractivity contribution in [1.82, 2.24) is 0 Å². The van der Waals surface area contributed by atoms with Crippen LogP contribution in [0.5, 0.6) is 11.5 Å². The molecule has 0 aliphatic rings. The largest absolute Gasteiger partial charge is 0.497 e. The van der Waals surface area contributed by atoms with Crippen molar-refractivity contribution in [2.75, 3.05) is 19.5 Å². The number of anilines is 1. The van der Waals surface area contributed by atoms with E-state index in [-0.39, 0.29) is 5.91 Å². The highest BCUT2D eigenvalue weighted by Crippen LogP contribution is 2.23. The molecule has 0 bridgehead atoms. The Morgan fingerprint density at radius 3 is 2.18 bits per heavy atom. The lowest BCUT2D eigenvalue weighted by atomic mass is 10.1. The molecule has 2 aromatic rings. The highest BCUT2D eigenvalue weighted by Gasteiger charge is 2.06. The molecular formula is C17H18ClNO3. The minimum Gasteiger partial charge on any atom is -0.497 e. The summed E-state index contributed by atoms with van der Waals surface area (Å²) in [5, 5.41) is 3.48. The van der Waals surface area contributed by atoms with E-state index in [0.717, 1.165) is 11.3 Å². The molecule has 0 aliphatic carbocycles. The molecule has 1 amide bonds. The topological polar surface area (TPSA) is 47.6 Å². The van der Waals surface area contributed by atoms with Crippen LogP contribution in [-0.4, -0.2) is 20.1 Å². The number of carbonyl (C=O) groups is 1. The van der Waals surface area contributed by atoms with E-state index >= 15 is 0 Å². The first-order valence-corrected chi connectivity index (χ1v) is 7.26. The monoisotopic (exact) mass is 319 g/mol. The quantitative estimate of drug-likeness (QED) is 0.877. The summed E-state index contributed by atoms with van der Waals surface area (Å²) >= 11 is 5.81. The Labute approximate surface area is 135 Å². The summed E-state index contributed by atoms with van der Waals surface area (Å²) in [6.07, 6.45) is 0.978. The molecule has 2 rings (SSSR count). The van der Waals surface area contributed by atoms with Crippen molar-refractivity contribution < 1.29 is 14.3 Å². The van der Waals surface area contributed by atoms with E-state index in [4.69, 9.17) is 21.1 Å². The molecule has 116 valence electrons. The predicted molar refractivity (Wildman–Crippen MR) is 87.9 cm³/mol. The predicted octanol–water partition coefficient (Wildman–Crippen LogP) is 3.93. The van der Waals surface area contributed by atoms with Crippen molar-refractivity contribution in [3.8, 4) is 11.5 Å². The number of halogens is 1. The standard InChI is InChI=1S/C17H18ClNO3/c1-21-15-9-12(10-16(11-15)22-2)3-8-17(20)19-14-6-4-13(18)5-7-14/h4-7,9-11H,3,8H2,1-2H3,(H,19,20). The minimum absolute atomic E-state index is 0.0518. The van der Waals surface area contributed by atoms with E-state index in [0.29, 0.717) is 29.4 Å². The maximum atomic E-state index is 12.0. The molecule has 0 radical (unpaired) electrons. The van der Waals surface area contributed by atoms with Gasteiger partial charge in [0, 0.05) is 23.2 Å². The number of hydrogen-bond acceptors (Lipinski definition) is 3. The SMILES string of the molecule is COc1cc(CCC(=O)Nc2ccc(Cl)cc2)cc(OC)c1. The van der Waals surface area contributed by atoms with Gasteiger partial charge in [0.25, 0.3) is 0 Å². The summed E-state index contributed by atoms with van der Waals surface area (Å²) in [7, 11) is 3.21. The highest BCUT2D eigenvalue weighted by atomic mass is 35.5. The molecule has 0 fully saturated rings. The molecule has 0 saturated heterocycles. The lowest BCUT2D eigenvalue weighted by molar-refractivity contribution is -0.116. The Morgan fingerprint density at radius 1 is 1.05 bits per heavy atom. The Balaban J connectivity index is 1.94. The average Bonchev–Trinajstić information content (AvgIpc) is 2.54. The van der Waals surface area contributed by atoms with Crippen LogP contribution in [-0.2, 0) is 11.2 Å². The van der Waals surface area contributed by atoms with E-state index in [1.807, 2.05) is 12.1 Å². The molecule has 0 saturated carbocycles. The number of rotatable bonds is 6. The second-order valence-electron chi connectivity index (χ2n) is 4.78. The first kappa shape index (κ1) is 16.2. The van der Waals surface area contributed by atoms with Gasteiger partial charge in [-0.1, -0.05) is 11.6 Å². The summed E-state index contributed by atoms with van der Waals surface area (Å²) in [4.78, 5) is 12.0. The van der Waals surface area contributed by atoms with Crippen LogP contribution in [0.1, 0.15) is 12.0 Å². The molecule has 0 aromatic heterocycles. The van der Waals surface area contributed by atoms with Crippen LogP contribution in [0.15, 0.2) is 42.5 Å². The molecule has 1 N–H and O–H groups in total. The second-order valence-corrected chi connectivity index (χ2v) is 5.21. The van der Waals surface area contributed by atoms with Gasteiger partial charge in [0.1, 0.15) is 11.5 Å². The number of nitrogens with one attached hydrogen (secondary N) is 1. The molecule has 0 unspecified atom stereocenters. The lowest BCUT2D eigenvalue weighted by Crippen LogP contribution is -2.12. The fourth-order valence-corrected chi connectivity index (χ4v) is 2.15. The second kappa shape index (κ2) is 7.71. The molecule has 5 heteroatoms. The maximum absolute atomic E-state index is 12.0. The highest BCUT2D eigenvalue weighted by molar-refractivity contribution is 6.30. The molecule has 0 spiro atoms. The Hall–Kier alpha value is -2.20. The smallest absolute Gasteiger partial charge is 0.224 e. The third-order valence-electron chi connectivity index (χ3n) is 3.18. The Morgan fingerprint density at radius 2 is 1.64 bits per heavy atom. The molecule has 0 atom stereocenters. The van der Waals surface area contributed by atoms with E-state index in [1.54, 1.807) is 44.6 Å². The van der Waals surface area contributed by atoms with E-state index in [2.05, 4.69) is 5.32 Å². The third kappa shape index (κ3) is 4.67. The molecule has 0 heterocycles. The zero-order valence-corrected chi connectivity index (χ0v) is 13.3. The van der Waals surface area contributed by atoms with Gasteiger partial charge in [-0.05, 0) is 48.4 Å². The van der Waals surface area contributed by atoms with Gasteiger partial charge in [0.2, 0.25) is 5.91 Å². The van der Waals surface area contributed by atoms with Gasteiger partial charge in [0.15, 0.2) is 0 Å². The number of methoxy groups -OCH3 is 2. The van der Waals surface area contributed by atoms with Crippen molar-refractivity contribution in [1.29, 1.82) is 0 Å². The van der Waals surface area contributed by atoms with Gasteiger partial charge >= 0.3 is 0 Å². The molecular weight excluding hydrogens is 302 g/mol. The lowest BCUT2D eigenvalue weighted by Gasteiger charge is -2.09. The normalized spacial score (nSPS) is 10.1. The van der Waals surface area contributed by atoms with E-state index in [9.17, 15) is 4.79 Å². The maximum Gasteiger partial charge on any atom is 0.224 e. The molecule has 22 heavy (non-hydrogen) atoms. The van der Waals surface area contributed by atoms with Crippen LogP contribution in [0.3, 0.4) is 0 Å². The van der Waals surface area contributed by atoms with Crippen LogP contribution in [0.4, 0.5) is 5.69 Å². The van der Waals surface area contributed by atoms with Crippen LogP contribution in [0.25, 0.3) is 0 Å². The number of benzene rings is 2. The Bertz CT molecular complexity index is 619. The van der Waals surface area contributed by atoms with Gasteiger partial charge < -0.3 is 14.8 Å². The molecule has 2 aromatic carbocycles. The van der Waals surface area contributed by atoms with E-state index in [1.165, 1.54) is 0 Å². The number of amides is 1. The minimum atomic E-state index is -0.0518. The van der Waals surface area contributed by atoms with Crippen molar-refractivity contribution in [3.63, 3.8) is 0 Å². The van der Waals surface area contributed by atoms with E-state index < -0.39 is 0 Å². The first-order valence-electron chi connectivity index (χ1n) is 6.88. The molecule has 4 nitrogen and oxygen atoms in total. The number of aryl methyl sites for hydroxylation is 1. The van der Waals surface area contributed by atoms with Gasteiger partial charge in [0.05, 0.1) is 14.2 Å². The van der Waals surface area contributed by atoms with Gasteiger partial charge in [-0.15, -0.1) is 0 Å². The van der Waals surface area contributed by atoms with Crippen LogP contribution in [0, 0.1) is 0 Å². The average molecular weight is 320 g/mol. The number of carbonyl (C=O) groups excluding carboxylic acids is 1. The van der Waals surface area contributed by atoms with Crippen LogP contribution < -0.4 is 14.8 Å². The fraction of sp³-hybridized carbons (Fsp3) is 0.235. The van der Waals surface area contributed by atoms with Crippen molar-refractivity contribution in [2.45, 2.75) is 12.8 Å². The Kier molecular flexibility index (Phi) is 5.67. The van der Waals surface area contributed by atoms with Gasteiger partial charge in [-0.25, -0.2) is 0 Å². The summed E-state index contributed by atoms with van der Waals surface area (Å²) in [6, 6.07) is 12.6. The van der Waals surface area contributed by atoms with Gasteiger partial charge in [-0.3, -0.25) is 4.79 Å². The van der Waals surface area contributed by atoms with Gasteiger partial charge in [-0.2, -0.15) is 0 Å².